The zero-order valence-electron chi connectivity index (χ0n) is 8.94. The molecule has 1 aromatic rings. The Morgan fingerprint density at radius 3 is 2.53 bits per heavy atom. The summed E-state index contributed by atoms with van der Waals surface area (Å²) >= 11 is 0. The minimum atomic E-state index is -4.11. The molecule has 0 unspecified atom stereocenters. The van der Waals surface area contributed by atoms with Crippen molar-refractivity contribution in [2.24, 2.45) is 5.73 Å². The minimum absolute atomic E-state index is 0.362. The molecule has 94 valence electrons. The van der Waals surface area contributed by atoms with E-state index < -0.39 is 26.6 Å². The molecule has 3 N–H and O–H groups in total. The Labute approximate surface area is 97.4 Å². The summed E-state index contributed by atoms with van der Waals surface area (Å²) in [7, 11) is -2.96. The van der Waals surface area contributed by atoms with E-state index in [4.69, 9.17) is 11.1 Å². The predicted molar refractivity (Wildman–Crippen MR) is 58.1 cm³/mol. The molecule has 0 atom stereocenters. The van der Waals surface area contributed by atoms with E-state index in [-0.39, 0.29) is 12.4 Å². The predicted octanol–water partition coefficient (Wildman–Crippen LogP) is 0.521. The van der Waals surface area contributed by atoms with Gasteiger partial charge in [0.2, 0.25) is 10.0 Å². The number of benzene rings is 1. The fourth-order valence-corrected chi connectivity index (χ4v) is 2.37. The first-order valence-corrected chi connectivity index (χ1v) is 5.93. The van der Waals surface area contributed by atoms with Gasteiger partial charge < -0.3 is 5.73 Å². The summed E-state index contributed by atoms with van der Waals surface area (Å²) in [6.45, 7) is -0.362. The van der Waals surface area contributed by atoms with Gasteiger partial charge in [-0.2, -0.15) is 4.31 Å². The molecule has 0 radical (unpaired) electrons. The number of halogens is 2. The van der Waals surface area contributed by atoms with Crippen LogP contribution in [0.3, 0.4) is 0 Å². The molecule has 5 nitrogen and oxygen atoms in total. The Balaban J connectivity index is 3.17. The van der Waals surface area contributed by atoms with Gasteiger partial charge in [-0.15, -0.1) is 0 Å². The quantitative estimate of drug-likeness (QED) is 0.613. The van der Waals surface area contributed by atoms with Crippen molar-refractivity contribution in [2.45, 2.75) is 4.90 Å². The Morgan fingerprint density at radius 1 is 1.47 bits per heavy atom. The Bertz CT molecular complexity index is 545. The molecule has 0 aliphatic rings. The Kier molecular flexibility index (Phi) is 3.79. The molecule has 0 spiro atoms. The lowest BCUT2D eigenvalue weighted by molar-refractivity contribution is 0.491. The number of hydrogen-bond donors (Lipinski definition) is 2. The van der Waals surface area contributed by atoms with Crippen molar-refractivity contribution in [3.05, 3.63) is 29.8 Å². The summed E-state index contributed by atoms with van der Waals surface area (Å²) in [6, 6.07) is 2.16. The highest BCUT2D eigenvalue weighted by Crippen LogP contribution is 2.18. The Morgan fingerprint density at radius 2 is 2.06 bits per heavy atom. The van der Waals surface area contributed by atoms with Gasteiger partial charge in [0.15, 0.2) is 0 Å². The van der Waals surface area contributed by atoms with Gasteiger partial charge in [-0.1, -0.05) is 0 Å². The second kappa shape index (κ2) is 4.76. The molecule has 0 saturated heterocycles. The third kappa shape index (κ3) is 2.98. The lowest BCUT2D eigenvalue weighted by Crippen LogP contribution is -2.35. The largest absolute Gasteiger partial charge is 0.387 e. The van der Waals surface area contributed by atoms with Crippen LogP contribution in [0.2, 0.25) is 0 Å². The standard InChI is InChI=1S/C9H11F2N3O2S/c1-14(5-9(12)13)17(15,16)8-3-2-6(10)4-7(8)11/h2-4H,5H2,1H3,(H3,12,13). The number of amidine groups is 1. The number of rotatable bonds is 4. The summed E-state index contributed by atoms with van der Waals surface area (Å²) in [4.78, 5) is -0.650. The van der Waals surface area contributed by atoms with Crippen LogP contribution in [0.4, 0.5) is 8.78 Å². The van der Waals surface area contributed by atoms with Crippen LogP contribution in [0, 0.1) is 17.0 Å². The van der Waals surface area contributed by atoms with E-state index in [0.717, 1.165) is 19.2 Å². The zero-order chi connectivity index (χ0) is 13.2. The van der Waals surface area contributed by atoms with E-state index in [1.165, 1.54) is 0 Å². The van der Waals surface area contributed by atoms with Crippen molar-refractivity contribution in [1.29, 1.82) is 5.41 Å². The maximum Gasteiger partial charge on any atom is 0.246 e. The van der Waals surface area contributed by atoms with Crippen LogP contribution in [-0.4, -0.2) is 32.2 Å². The number of hydrogen-bond acceptors (Lipinski definition) is 3. The highest BCUT2D eigenvalue weighted by molar-refractivity contribution is 7.89. The SMILES string of the molecule is CN(CC(=N)N)S(=O)(=O)c1ccc(F)cc1F. The maximum atomic E-state index is 13.3. The number of sulfonamides is 1. The average Bonchev–Trinajstić information content (AvgIpc) is 2.15. The van der Waals surface area contributed by atoms with Gasteiger partial charge in [0.25, 0.3) is 0 Å². The fourth-order valence-electron chi connectivity index (χ4n) is 1.18. The van der Waals surface area contributed by atoms with Crippen LogP contribution in [0.5, 0.6) is 0 Å². The van der Waals surface area contributed by atoms with Crippen molar-refractivity contribution in [1.82, 2.24) is 4.31 Å². The van der Waals surface area contributed by atoms with Gasteiger partial charge in [-0.25, -0.2) is 17.2 Å². The van der Waals surface area contributed by atoms with E-state index in [2.05, 4.69) is 0 Å². The molecule has 0 fully saturated rings. The highest BCUT2D eigenvalue weighted by atomic mass is 32.2. The van der Waals surface area contributed by atoms with E-state index in [1.54, 1.807) is 0 Å². The number of nitrogens with two attached hydrogens (primary N) is 1. The van der Waals surface area contributed by atoms with Gasteiger partial charge in [-0.3, -0.25) is 5.41 Å². The summed E-state index contributed by atoms with van der Waals surface area (Å²) in [6.07, 6.45) is 0. The molecule has 1 aromatic carbocycles. The molecule has 0 aromatic heterocycles. The second-order valence-corrected chi connectivity index (χ2v) is 5.37. The van der Waals surface area contributed by atoms with Crippen LogP contribution in [0.15, 0.2) is 23.1 Å². The van der Waals surface area contributed by atoms with Crippen molar-refractivity contribution in [3.63, 3.8) is 0 Å². The Hall–Kier alpha value is -1.54. The summed E-state index contributed by atoms with van der Waals surface area (Å²) in [5, 5.41) is 6.97. The van der Waals surface area contributed by atoms with Gasteiger partial charge in [-0.05, 0) is 12.1 Å². The van der Waals surface area contributed by atoms with Gasteiger partial charge in [0.1, 0.15) is 22.4 Å². The highest BCUT2D eigenvalue weighted by Gasteiger charge is 2.25. The van der Waals surface area contributed by atoms with Gasteiger partial charge >= 0.3 is 0 Å². The van der Waals surface area contributed by atoms with Crippen LogP contribution < -0.4 is 5.73 Å². The van der Waals surface area contributed by atoms with Gasteiger partial charge in [0, 0.05) is 13.1 Å². The maximum absolute atomic E-state index is 13.3. The lowest BCUT2D eigenvalue weighted by Gasteiger charge is -2.16. The third-order valence-corrected chi connectivity index (χ3v) is 3.81. The molecule has 1 rings (SSSR count). The number of nitrogens with zero attached hydrogens (tertiary/aromatic N) is 1. The fraction of sp³-hybridized carbons (Fsp3) is 0.222. The van der Waals surface area contributed by atoms with Crippen molar-refractivity contribution < 1.29 is 17.2 Å². The zero-order valence-corrected chi connectivity index (χ0v) is 9.76. The molecule has 0 amide bonds. The molecule has 0 aliphatic heterocycles. The van der Waals surface area contributed by atoms with Crippen LogP contribution in [0.1, 0.15) is 0 Å². The van der Waals surface area contributed by atoms with Crippen molar-refractivity contribution in [2.75, 3.05) is 13.6 Å². The topological polar surface area (TPSA) is 87.2 Å². The van der Waals surface area contributed by atoms with Crippen LogP contribution in [0.25, 0.3) is 0 Å². The molecule has 0 bridgehead atoms. The molecule has 0 heterocycles. The average molecular weight is 263 g/mol. The molecule has 0 aliphatic carbocycles. The third-order valence-electron chi connectivity index (χ3n) is 1.98. The second-order valence-electron chi connectivity index (χ2n) is 3.36. The molecular formula is C9H11F2N3O2S. The lowest BCUT2D eigenvalue weighted by atomic mass is 10.3. The molecule has 8 heteroatoms. The number of nitrogens with one attached hydrogen (secondary N) is 1. The smallest absolute Gasteiger partial charge is 0.246 e. The van der Waals surface area contributed by atoms with Crippen LogP contribution >= 0.6 is 0 Å². The summed E-state index contributed by atoms with van der Waals surface area (Å²) in [5.74, 6) is -2.42. The number of likely N-dealkylation sites (N-methyl/N-ethyl adjacent to an activating group) is 1. The van der Waals surface area contributed by atoms with E-state index in [0.29, 0.717) is 10.4 Å². The first kappa shape index (κ1) is 13.5. The van der Waals surface area contributed by atoms with E-state index in [9.17, 15) is 17.2 Å². The van der Waals surface area contributed by atoms with Crippen LogP contribution in [-0.2, 0) is 10.0 Å². The van der Waals surface area contributed by atoms with Crippen molar-refractivity contribution >= 4 is 15.9 Å². The minimum Gasteiger partial charge on any atom is -0.387 e. The molecular weight excluding hydrogens is 252 g/mol. The summed E-state index contributed by atoms with van der Waals surface area (Å²) in [5.41, 5.74) is 5.05. The first-order chi connectivity index (χ1) is 7.75. The first-order valence-electron chi connectivity index (χ1n) is 4.49. The summed E-state index contributed by atoms with van der Waals surface area (Å²) < 4.78 is 50.3. The molecule has 17 heavy (non-hydrogen) atoms. The van der Waals surface area contributed by atoms with Crippen molar-refractivity contribution in [3.8, 4) is 0 Å². The van der Waals surface area contributed by atoms with Gasteiger partial charge in [0.05, 0.1) is 6.54 Å². The normalized spacial score (nSPS) is 11.8. The monoisotopic (exact) mass is 263 g/mol. The molecule has 0 saturated carbocycles. The van der Waals surface area contributed by atoms with E-state index in [1.807, 2.05) is 0 Å². The van der Waals surface area contributed by atoms with E-state index >= 15 is 0 Å².